The summed E-state index contributed by atoms with van der Waals surface area (Å²) in [7, 11) is 1.67. The molecule has 0 saturated carbocycles. The van der Waals surface area contributed by atoms with Crippen molar-refractivity contribution in [2.24, 2.45) is 0 Å². The van der Waals surface area contributed by atoms with Gasteiger partial charge in [-0.1, -0.05) is 0 Å². The maximum atomic E-state index is 5.22. The summed E-state index contributed by atoms with van der Waals surface area (Å²) in [6, 6.07) is 6.28. The number of thiazole rings is 1. The van der Waals surface area contributed by atoms with Crippen molar-refractivity contribution in [2.75, 3.05) is 20.2 Å². The van der Waals surface area contributed by atoms with Crippen molar-refractivity contribution >= 4 is 21.6 Å². The molecule has 0 bridgehead atoms. The van der Waals surface area contributed by atoms with Crippen LogP contribution in [0.1, 0.15) is 29.5 Å². The number of fused-ring (bicyclic) bond motifs is 1. The quantitative estimate of drug-likeness (QED) is 0.713. The molecular weight excluding hydrogens is 322 g/mol. The third-order valence-corrected chi connectivity index (χ3v) is 5.21. The van der Waals surface area contributed by atoms with E-state index in [4.69, 9.17) is 9.72 Å². The molecule has 1 aromatic carbocycles. The number of hydrogen-bond donors (Lipinski definition) is 0. The largest absolute Gasteiger partial charge is 0.377 e. The first-order valence-corrected chi connectivity index (χ1v) is 9.08. The highest BCUT2D eigenvalue weighted by atomic mass is 32.1. The van der Waals surface area contributed by atoms with Gasteiger partial charge in [0.05, 0.1) is 27.5 Å². The van der Waals surface area contributed by atoms with Gasteiger partial charge in [-0.15, -0.1) is 16.4 Å². The second-order valence-electron chi connectivity index (χ2n) is 6.16. The van der Waals surface area contributed by atoms with Crippen LogP contribution < -0.4 is 0 Å². The molecule has 0 radical (unpaired) electrons. The summed E-state index contributed by atoms with van der Waals surface area (Å²) < 4.78 is 8.36. The summed E-state index contributed by atoms with van der Waals surface area (Å²) in [5.41, 5.74) is 2.08. The van der Waals surface area contributed by atoms with E-state index < -0.39 is 0 Å². The van der Waals surface area contributed by atoms with Crippen LogP contribution in [0.5, 0.6) is 0 Å². The lowest BCUT2D eigenvalue weighted by Crippen LogP contribution is -2.21. The van der Waals surface area contributed by atoms with Crippen molar-refractivity contribution in [1.29, 1.82) is 0 Å². The predicted molar refractivity (Wildman–Crippen MR) is 94.5 cm³/mol. The molecule has 1 fully saturated rings. The molecule has 126 valence electrons. The molecule has 4 rings (SSSR count). The number of rotatable bonds is 5. The highest BCUT2D eigenvalue weighted by Crippen LogP contribution is 2.25. The Morgan fingerprint density at radius 3 is 2.83 bits per heavy atom. The standard InChI is InChI=1S/C17H21N5OS/c1-12-18-14-6-5-13(9-15(14)24-12)22-17(10-21-7-3-4-8-21)19-16(20-22)11-23-2/h5-6,9H,3-4,7-8,10-11H2,1-2H3. The van der Waals surface area contributed by atoms with Gasteiger partial charge in [0, 0.05) is 7.11 Å². The Bertz CT molecular complexity index is 850. The van der Waals surface area contributed by atoms with Crippen LogP contribution in [0.15, 0.2) is 18.2 Å². The van der Waals surface area contributed by atoms with Gasteiger partial charge < -0.3 is 4.74 Å². The van der Waals surface area contributed by atoms with Crippen molar-refractivity contribution in [3.63, 3.8) is 0 Å². The summed E-state index contributed by atoms with van der Waals surface area (Å²) in [5.74, 6) is 1.71. The third-order valence-electron chi connectivity index (χ3n) is 4.28. The topological polar surface area (TPSA) is 56.1 Å². The minimum Gasteiger partial charge on any atom is -0.377 e. The number of ether oxygens (including phenoxy) is 1. The van der Waals surface area contributed by atoms with Gasteiger partial charge in [0.25, 0.3) is 0 Å². The first-order chi connectivity index (χ1) is 11.7. The van der Waals surface area contributed by atoms with Crippen LogP contribution in [0.3, 0.4) is 0 Å². The molecule has 1 saturated heterocycles. The number of hydrogen-bond acceptors (Lipinski definition) is 6. The first kappa shape index (κ1) is 15.7. The molecule has 3 aromatic rings. The normalized spacial score (nSPS) is 15.6. The maximum Gasteiger partial charge on any atom is 0.177 e. The molecule has 0 spiro atoms. The molecule has 0 N–H and O–H groups in total. The fourth-order valence-corrected chi connectivity index (χ4v) is 4.05. The molecule has 6 nitrogen and oxygen atoms in total. The van der Waals surface area contributed by atoms with E-state index in [0.717, 1.165) is 47.5 Å². The Kier molecular flexibility index (Phi) is 4.30. The molecule has 7 heteroatoms. The molecule has 0 unspecified atom stereocenters. The van der Waals surface area contributed by atoms with Crippen molar-refractivity contribution in [1.82, 2.24) is 24.6 Å². The van der Waals surface area contributed by atoms with Crippen LogP contribution in [-0.2, 0) is 17.9 Å². The van der Waals surface area contributed by atoms with E-state index in [0.29, 0.717) is 6.61 Å². The Hall–Kier alpha value is -1.83. The van der Waals surface area contributed by atoms with Crippen molar-refractivity contribution in [3.8, 4) is 5.69 Å². The van der Waals surface area contributed by atoms with Gasteiger partial charge in [-0.3, -0.25) is 4.90 Å². The van der Waals surface area contributed by atoms with Crippen molar-refractivity contribution in [2.45, 2.75) is 32.9 Å². The summed E-state index contributed by atoms with van der Waals surface area (Å²) >= 11 is 1.71. The van der Waals surface area contributed by atoms with E-state index in [1.165, 1.54) is 17.5 Å². The second kappa shape index (κ2) is 6.58. The summed E-state index contributed by atoms with van der Waals surface area (Å²) in [4.78, 5) is 11.7. The Balaban J connectivity index is 1.72. The Morgan fingerprint density at radius 2 is 2.04 bits per heavy atom. The lowest BCUT2D eigenvalue weighted by molar-refractivity contribution is 0.177. The van der Waals surface area contributed by atoms with Crippen molar-refractivity contribution in [3.05, 3.63) is 34.9 Å². The number of benzene rings is 1. The van der Waals surface area contributed by atoms with Gasteiger partial charge in [0.2, 0.25) is 0 Å². The number of nitrogens with zero attached hydrogens (tertiary/aromatic N) is 5. The van der Waals surface area contributed by atoms with Gasteiger partial charge in [-0.2, -0.15) is 0 Å². The number of likely N-dealkylation sites (tertiary alicyclic amines) is 1. The highest BCUT2D eigenvalue weighted by Gasteiger charge is 2.18. The van der Waals surface area contributed by atoms with Crippen LogP contribution in [-0.4, -0.2) is 44.8 Å². The van der Waals surface area contributed by atoms with Crippen LogP contribution in [0.4, 0.5) is 0 Å². The second-order valence-corrected chi connectivity index (χ2v) is 7.39. The average molecular weight is 343 g/mol. The summed E-state index contributed by atoms with van der Waals surface area (Å²) in [6.07, 6.45) is 2.54. The van der Waals surface area contributed by atoms with E-state index >= 15 is 0 Å². The van der Waals surface area contributed by atoms with E-state index in [-0.39, 0.29) is 0 Å². The molecule has 2 aromatic heterocycles. The average Bonchev–Trinajstić information content (AvgIpc) is 3.27. The molecule has 1 aliphatic rings. The van der Waals surface area contributed by atoms with Gasteiger partial charge in [-0.25, -0.2) is 14.6 Å². The maximum absolute atomic E-state index is 5.22. The summed E-state index contributed by atoms with van der Waals surface area (Å²) in [6.45, 7) is 5.58. The van der Waals surface area contributed by atoms with E-state index in [1.807, 2.05) is 11.6 Å². The fraction of sp³-hybridized carbons (Fsp3) is 0.471. The minimum atomic E-state index is 0.432. The lowest BCUT2D eigenvalue weighted by Gasteiger charge is -2.14. The van der Waals surface area contributed by atoms with Gasteiger partial charge in [0.15, 0.2) is 5.82 Å². The van der Waals surface area contributed by atoms with Gasteiger partial charge >= 0.3 is 0 Å². The van der Waals surface area contributed by atoms with Crippen LogP contribution in [0.25, 0.3) is 15.9 Å². The zero-order valence-corrected chi connectivity index (χ0v) is 14.8. The minimum absolute atomic E-state index is 0.432. The summed E-state index contributed by atoms with van der Waals surface area (Å²) in [5, 5.41) is 5.75. The van der Waals surface area contributed by atoms with Gasteiger partial charge in [-0.05, 0) is 51.1 Å². The highest BCUT2D eigenvalue weighted by molar-refractivity contribution is 7.18. The molecule has 0 aliphatic carbocycles. The number of aryl methyl sites for hydroxylation is 1. The first-order valence-electron chi connectivity index (χ1n) is 8.26. The third kappa shape index (κ3) is 3.07. The predicted octanol–water partition coefficient (Wildman–Crippen LogP) is 2.93. The number of aromatic nitrogens is 4. The lowest BCUT2D eigenvalue weighted by atomic mass is 10.3. The Morgan fingerprint density at radius 1 is 1.21 bits per heavy atom. The van der Waals surface area contributed by atoms with E-state index in [1.54, 1.807) is 18.4 Å². The molecule has 0 amide bonds. The van der Waals surface area contributed by atoms with E-state index in [2.05, 4.69) is 33.2 Å². The van der Waals surface area contributed by atoms with Crippen LogP contribution in [0, 0.1) is 6.92 Å². The van der Waals surface area contributed by atoms with Gasteiger partial charge in [0.1, 0.15) is 12.4 Å². The zero-order chi connectivity index (χ0) is 16.5. The molecule has 0 atom stereocenters. The van der Waals surface area contributed by atoms with Crippen LogP contribution >= 0.6 is 11.3 Å². The fourth-order valence-electron chi connectivity index (χ4n) is 3.19. The molecular formula is C17H21N5OS. The molecule has 24 heavy (non-hydrogen) atoms. The number of methoxy groups -OCH3 is 1. The monoisotopic (exact) mass is 343 g/mol. The SMILES string of the molecule is COCc1nc(CN2CCCC2)n(-c2ccc3nc(C)sc3c2)n1. The van der Waals surface area contributed by atoms with E-state index in [9.17, 15) is 0 Å². The van der Waals surface area contributed by atoms with Crippen molar-refractivity contribution < 1.29 is 4.74 Å². The Labute approximate surface area is 145 Å². The zero-order valence-electron chi connectivity index (χ0n) is 14.0. The molecule has 3 heterocycles. The molecule has 1 aliphatic heterocycles. The smallest absolute Gasteiger partial charge is 0.177 e. The van der Waals surface area contributed by atoms with Crippen LogP contribution in [0.2, 0.25) is 0 Å².